The number of hydrogen-bond donors (Lipinski definition) is 1. The van der Waals surface area contributed by atoms with E-state index in [0.29, 0.717) is 6.54 Å². The molecule has 2 atom stereocenters. The van der Waals surface area contributed by atoms with E-state index < -0.39 is 0 Å². The van der Waals surface area contributed by atoms with Crippen LogP contribution in [0.3, 0.4) is 0 Å². The van der Waals surface area contributed by atoms with Gasteiger partial charge < -0.3 is 10.6 Å². The standard InChI is InChI=1S/C7H10N4OS/c1-4(6-3-13-10-9-6)11-2-5(8)7(11)12/h3-5H,2,8H2,1H3. The van der Waals surface area contributed by atoms with Gasteiger partial charge in [0.05, 0.1) is 11.7 Å². The van der Waals surface area contributed by atoms with Crippen LogP contribution in [0.4, 0.5) is 0 Å². The molecule has 1 amide bonds. The molecule has 0 aromatic carbocycles. The predicted molar refractivity (Wildman–Crippen MR) is 48.0 cm³/mol. The quantitative estimate of drug-likeness (QED) is 0.666. The number of carbonyl (C=O) groups excluding carboxylic acids is 1. The minimum Gasteiger partial charge on any atom is -0.331 e. The minimum atomic E-state index is -0.311. The summed E-state index contributed by atoms with van der Waals surface area (Å²) in [6.45, 7) is 2.55. The van der Waals surface area contributed by atoms with E-state index in [1.807, 2.05) is 12.3 Å². The van der Waals surface area contributed by atoms with Crippen LogP contribution in [0, 0.1) is 0 Å². The fourth-order valence-corrected chi connectivity index (χ4v) is 1.88. The molecule has 1 fully saturated rings. The van der Waals surface area contributed by atoms with Crippen LogP contribution in [0.2, 0.25) is 0 Å². The molecule has 0 radical (unpaired) electrons. The van der Waals surface area contributed by atoms with Crippen molar-refractivity contribution in [3.63, 3.8) is 0 Å². The predicted octanol–water partition coefficient (Wildman–Crippen LogP) is -0.231. The van der Waals surface area contributed by atoms with Crippen molar-refractivity contribution in [2.45, 2.75) is 19.0 Å². The number of nitrogens with zero attached hydrogens (tertiary/aromatic N) is 3. The molecule has 6 heteroatoms. The summed E-state index contributed by atoms with van der Waals surface area (Å²) in [4.78, 5) is 13.0. The van der Waals surface area contributed by atoms with Gasteiger partial charge in [-0.2, -0.15) is 0 Å². The third-order valence-corrected chi connectivity index (χ3v) is 2.79. The molecule has 1 aliphatic heterocycles. The van der Waals surface area contributed by atoms with Gasteiger partial charge in [0.2, 0.25) is 5.91 Å². The van der Waals surface area contributed by atoms with Gasteiger partial charge in [-0.1, -0.05) is 4.49 Å². The SMILES string of the molecule is CC(c1csnn1)N1CC(N)C1=O. The Hall–Kier alpha value is -1.01. The van der Waals surface area contributed by atoms with Gasteiger partial charge in [0.1, 0.15) is 6.04 Å². The highest BCUT2D eigenvalue weighted by molar-refractivity contribution is 7.03. The number of hydrogen-bond acceptors (Lipinski definition) is 5. The summed E-state index contributed by atoms with van der Waals surface area (Å²) >= 11 is 1.29. The zero-order valence-corrected chi connectivity index (χ0v) is 7.99. The van der Waals surface area contributed by atoms with Crippen molar-refractivity contribution in [1.82, 2.24) is 14.5 Å². The van der Waals surface area contributed by atoms with Crippen molar-refractivity contribution in [2.75, 3.05) is 6.54 Å². The highest BCUT2D eigenvalue weighted by atomic mass is 32.1. The molecule has 1 aliphatic rings. The second-order valence-corrected chi connectivity index (χ2v) is 3.71. The first-order valence-corrected chi connectivity index (χ1v) is 4.87. The fourth-order valence-electron chi connectivity index (χ4n) is 1.34. The van der Waals surface area contributed by atoms with Crippen LogP contribution in [0.15, 0.2) is 5.38 Å². The molecular formula is C7H10N4OS. The first kappa shape index (κ1) is 8.58. The maximum absolute atomic E-state index is 11.3. The van der Waals surface area contributed by atoms with Crippen LogP contribution < -0.4 is 5.73 Å². The van der Waals surface area contributed by atoms with E-state index in [1.165, 1.54) is 11.5 Å². The Kier molecular flexibility index (Phi) is 2.01. The van der Waals surface area contributed by atoms with Crippen LogP contribution in [0.5, 0.6) is 0 Å². The first-order valence-electron chi connectivity index (χ1n) is 4.03. The topological polar surface area (TPSA) is 72.1 Å². The lowest BCUT2D eigenvalue weighted by Crippen LogP contribution is -2.61. The van der Waals surface area contributed by atoms with Crippen LogP contribution >= 0.6 is 11.5 Å². The molecule has 0 aliphatic carbocycles. The van der Waals surface area contributed by atoms with E-state index in [1.54, 1.807) is 4.90 Å². The monoisotopic (exact) mass is 198 g/mol. The molecule has 2 rings (SSSR count). The fraction of sp³-hybridized carbons (Fsp3) is 0.571. The maximum Gasteiger partial charge on any atom is 0.241 e. The summed E-state index contributed by atoms with van der Waals surface area (Å²) in [7, 11) is 0. The summed E-state index contributed by atoms with van der Waals surface area (Å²) in [5.41, 5.74) is 6.32. The van der Waals surface area contributed by atoms with E-state index in [0.717, 1.165) is 5.69 Å². The third kappa shape index (κ3) is 1.31. The zero-order chi connectivity index (χ0) is 9.42. The van der Waals surface area contributed by atoms with Crippen LogP contribution in [0.1, 0.15) is 18.7 Å². The van der Waals surface area contributed by atoms with Gasteiger partial charge in [-0.05, 0) is 18.5 Å². The Morgan fingerprint density at radius 2 is 2.62 bits per heavy atom. The molecule has 13 heavy (non-hydrogen) atoms. The van der Waals surface area contributed by atoms with E-state index >= 15 is 0 Å². The van der Waals surface area contributed by atoms with Gasteiger partial charge in [-0.3, -0.25) is 4.79 Å². The number of rotatable bonds is 2. The van der Waals surface area contributed by atoms with Gasteiger partial charge in [0.15, 0.2) is 0 Å². The van der Waals surface area contributed by atoms with Crippen molar-refractivity contribution in [3.05, 3.63) is 11.1 Å². The van der Waals surface area contributed by atoms with Crippen molar-refractivity contribution >= 4 is 17.4 Å². The Bertz CT molecular complexity index is 312. The number of likely N-dealkylation sites (tertiary alicyclic amines) is 1. The highest BCUT2D eigenvalue weighted by Crippen LogP contribution is 2.24. The molecule has 1 aromatic heterocycles. The van der Waals surface area contributed by atoms with E-state index in [-0.39, 0.29) is 18.0 Å². The maximum atomic E-state index is 11.3. The molecule has 2 N–H and O–H groups in total. The number of carbonyl (C=O) groups is 1. The molecule has 1 saturated heterocycles. The van der Waals surface area contributed by atoms with Gasteiger partial charge in [0, 0.05) is 11.9 Å². The molecule has 0 saturated carbocycles. The number of amides is 1. The Balaban J connectivity index is 2.07. The lowest BCUT2D eigenvalue weighted by molar-refractivity contribution is -0.145. The van der Waals surface area contributed by atoms with Crippen molar-refractivity contribution in [1.29, 1.82) is 0 Å². The molecule has 0 spiro atoms. The lowest BCUT2D eigenvalue weighted by Gasteiger charge is -2.39. The Labute approximate surface area is 79.7 Å². The molecule has 2 heterocycles. The van der Waals surface area contributed by atoms with Crippen molar-refractivity contribution < 1.29 is 4.79 Å². The van der Waals surface area contributed by atoms with Crippen molar-refractivity contribution in [2.24, 2.45) is 5.73 Å². The largest absolute Gasteiger partial charge is 0.331 e. The second-order valence-electron chi connectivity index (χ2n) is 3.10. The first-order chi connectivity index (χ1) is 6.20. The second kappa shape index (κ2) is 3.04. The van der Waals surface area contributed by atoms with Crippen LogP contribution in [-0.4, -0.2) is 33.0 Å². The molecular weight excluding hydrogens is 188 g/mol. The van der Waals surface area contributed by atoms with Gasteiger partial charge in [0.25, 0.3) is 0 Å². The Morgan fingerprint density at radius 1 is 1.85 bits per heavy atom. The molecule has 0 bridgehead atoms. The highest BCUT2D eigenvalue weighted by Gasteiger charge is 2.37. The van der Waals surface area contributed by atoms with Crippen LogP contribution in [0.25, 0.3) is 0 Å². The third-order valence-electron chi connectivity index (χ3n) is 2.27. The lowest BCUT2D eigenvalue weighted by atomic mass is 10.0. The van der Waals surface area contributed by atoms with E-state index in [4.69, 9.17) is 5.73 Å². The van der Waals surface area contributed by atoms with Gasteiger partial charge in [-0.25, -0.2) is 0 Å². The minimum absolute atomic E-state index is 0.000463. The smallest absolute Gasteiger partial charge is 0.241 e. The number of aromatic nitrogens is 2. The van der Waals surface area contributed by atoms with Gasteiger partial charge in [-0.15, -0.1) is 5.10 Å². The van der Waals surface area contributed by atoms with Crippen LogP contribution in [-0.2, 0) is 4.79 Å². The van der Waals surface area contributed by atoms with E-state index in [9.17, 15) is 4.79 Å². The van der Waals surface area contributed by atoms with E-state index in [2.05, 4.69) is 9.59 Å². The number of nitrogens with two attached hydrogens (primary N) is 1. The summed E-state index contributed by atoms with van der Waals surface area (Å²) in [5.74, 6) is 0.000463. The average Bonchev–Trinajstić information content (AvgIpc) is 2.65. The average molecular weight is 198 g/mol. The summed E-state index contributed by atoms with van der Waals surface area (Å²) < 4.78 is 3.75. The summed E-state index contributed by atoms with van der Waals surface area (Å²) in [5, 5.41) is 5.76. The Morgan fingerprint density at radius 3 is 3.08 bits per heavy atom. The summed E-state index contributed by atoms with van der Waals surface area (Å²) in [6, 6.07) is -0.305. The van der Waals surface area contributed by atoms with Gasteiger partial charge >= 0.3 is 0 Å². The summed E-state index contributed by atoms with van der Waals surface area (Å²) in [6.07, 6.45) is 0. The molecule has 1 aromatic rings. The zero-order valence-electron chi connectivity index (χ0n) is 7.17. The van der Waals surface area contributed by atoms with Crippen molar-refractivity contribution in [3.8, 4) is 0 Å². The normalized spacial score (nSPS) is 24.3. The molecule has 70 valence electrons. The molecule has 5 nitrogen and oxygen atoms in total. The molecule has 2 unspecified atom stereocenters. The number of β-lactam (4-membered cyclic amide) rings is 1.